The van der Waals surface area contributed by atoms with Crippen LogP contribution in [0.15, 0.2) is 71.7 Å². The molecule has 40 heavy (non-hydrogen) atoms. The summed E-state index contributed by atoms with van der Waals surface area (Å²) in [4.78, 5) is 54.3. The molecular formula is C28H22N2O10. The van der Waals surface area contributed by atoms with Crippen molar-refractivity contribution in [1.29, 1.82) is 0 Å². The molecule has 0 unspecified atom stereocenters. The van der Waals surface area contributed by atoms with Crippen molar-refractivity contribution in [3.63, 3.8) is 0 Å². The van der Waals surface area contributed by atoms with Gasteiger partial charge in [0.15, 0.2) is 0 Å². The zero-order chi connectivity index (χ0) is 29.0. The van der Waals surface area contributed by atoms with Gasteiger partial charge in [-0.2, -0.15) is 0 Å². The molecule has 1 aliphatic heterocycles. The fourth-order valence-corrected chi connectivity index (χ4v) is 3.98. The van der Waals surface area contributed by atoms with Crippen molar-refractivity contribution in [3.8, 4) is 23.0 Å². The lowest BCUT2D eigenvalue weighted by Gasteiger charge is -2.24. The minimum Gasteiger partial charge on any atom is -0.508 e. The van der Waals surface area contributed by atoms with E-state index in [1.165, 1.54) is 48.7 Å². The van der Waals surface area contributed by atoms with Crippen LogP contribution in [0.25, 0.3) is 0 Å². The normalized spacial score (nSPS) is 16.1. The molecule has 0 aliphatic carbocycles. The topological polar surface area (TPSA) is 203 Å². The van der Waals surface area contributed by atoms with Gasteiger partial charge >= 0.3 is 11.9 Å². The number of ketones is 1. The van der Waals surface area contributed by atoms with E-state index in [0.29, 0.717) is 0 Å². The third-order valence-corrected chi connectivity index (χ3v) is 5.94. The molecule has 0 radical (unpaired) electrons. The number of ether oxygens (including phenoxy) is 1. The number of carboxylic acids is 1. The Morgan fingerprint density at radius 3 is 2.17 bits per heavy atom. The van der Waals surface area contributed by atoms with Gasteiger partial charge in [-0.25, -0.2) is 9.59 Å². The van der Waals surface area contributed by atoms with Gasteiger partial charge in [-0.1, -0.05) is 6.07 Å². The van der Waals surface area contributed by atoms with E-state index in [9.17, 15) is 44.7 Å². The minimum absolute atomic E-state index is 0.0209. The third-order valence-electron chi connectivity index (χ3n) is 5.94. The van der Waals surface area contributed by atoms with Crippen LogP contribution in [0.1, 0.15) is 47.0 Å². The first kappa shape index (κ1) is 27.4. The third kappa shape index (κ3) is 5.75. The SMILES string of the molecule is O=C(N[C@@H]1CN=CC=C[C@H]1OC(=O)c1cc(O)c(C(=O)c2c(O)cccc2C(=O)O)c(O)c1)c1ccc(O)cc1. The number of esters is 1. The molecule has 0 saturated heterocycles. The van der Waals surface area contributed by atoms with E-state index in [2.05, 4.69) is 10.3 Å². The van der Waals surface area contributed by atoms with E-state index in [1.54, 1.807) is 0 Å². The number of amides is 1. The highest BCUT2D eigenvalue weighted by Crippen LogP contribution is 2.35. The molecule has 1 amide bonds. The standard InChI is InChI=1S/C28H22N2O10/c31-16-8-6-14(7-9-16)26(36)30-18-13-29-10-2-5-22(18)40-28(39)15-11-20(33)24(21(34)12-15)25(35)23-17(27(37)38)3-1-4-19(23)32/h1-12,18,22,31-34H,13H2,(H,30,36)(H,37,38)/t18-,22-/m1/s1. The van der Waals surface area contributed by atoms with Crippen molar-refractivity contribution >= 4 is 29.8 Å². The lowest BCUT2D eigenvalue weighted by atomic mass is 9.95. The molecule has 6 N–H and O–H groups in total. The van der Waals surface area contributed by atoms with Crippen molar-refractivity contribution in [2.45, 2.75) is 12.1 Å². The molecule has 0 spiro atoms. The number of aliphatic imine (C=N–C) groups is 1. The number of rotatable bonds is 7. The molecule has 0 saturated carbocycles. The van der Waals surface area contributed by atoms with Crippen molar-refractivity contribution in [3.05, 3.63) is 94.6 Å². The number of carboxylic acid groups (broad SMARTS) is 1. The summed E-state index contributed by atoms with van der Waals surface area (Å²) in [6, 6.07) is 9.72. The van der Waals surface area contributed by atoms with E-state index < -0.39 is 69.7 Å². The van der Waals surface area contributed by atoms with Gasteiger partial charge in [-0.15, -0.1) is 0 Å². The van der Waals surface area contributed by atoms with Gasteiger partial charge in [0.1, 0.15) is 34.7 Å². The van der Waals surface area contributed by atoms with Gasteiger partial charge in [-0.05, 0) is 60.7 Å². The quantitative estimate of drug-likeness (QED) is 0.189. The second-order valence-corrected chi connectivity index (χ2v) is 8.62. The fourth-order valence-electron chi connectivity index (χ4n) is 3.98. The summed E-state index contributed by atoms with van der Waals surface area (Å²) >= 11 is 0. The molecule has 0 fully saturated rings. The summed E-state index contributed by atoms with van der Waals surface area (Å²) in [6.07, 6.45) is 3.41. The number of phenolic OH excluding ortho intramolecular Hbond substituents is 4. The number of carbonyl (C=O) groups excluding carboxylic acids is 3. The van der Waals surface area contributed by atoms with E-state index in [1.807, 2.05) is 0 Å². The Morgan fingerprint density at radius 2 is 1.52 bits per heavy atom. The molecule has 4 rings (SSSR count). The van der Waals surface area contributed by atoms with Crippen LogP contribution in [-0.2, 0) is 4.74 Å². The van der Waals surface area contributed by atoms with Crippen molar-refractivity contribution in [2.24, 2.45) is 4.99 Å². The lowest BCUT2D eigenvalue weighted by molar-refractivity contribution is 0.0320. The summed E-state index contributed by atoms with van der Waals surface area (Å²) in [6.45, 7) is 0.0468. The van der Waals surface area contributed by atoms with Crippen LogP contribution in [0, 0.1) is 0 Å². The minimum atomic E-state index is -1.52. The number of aromatic carboxylic acids is 1. The van der Waals surface area contributed by atoms with Gasteiger partial charge in [0.25, 0.3) is 5.91 Å². The zero-order valence-corrected chi connectivity index (χ0v) is 20.5. The van der Waals surface area contributed by atoms with Gasteiger partial charge in [0.05, 0.1) is 29.3 Å². The Kier molecular flexibility index (Phi) is 7.80. The number of carbonyl (C=O) groups is 4. The molecular weight excluding hydrogens is 524 g/mol. The van der Waals surface area contributed by atoms with Crippen LogP contribution in [0.2, 0.25) is 0 Å². The van der Waals surface area contributed by atoms with Crippen LogP contribution in [0.3, 0.4) is 0 Å². The first-order chi connectivity index (χ1) is 19.1. The Bertz CT molecular complexity index is 1540. The van der Waals surface area contributed by atoms with Gasteiger partial charge in [0, 0.05) is 11.8 Å². The van der Waals surface area contributed by atoms with Gasteiger partial charge < -0.3 is 35.6 Å². The fraction of sp³-hybridized carbons (Fsp3) is 0.107. The summed E-state index contributed by atoms with van der Waals surface area (Å²) in [5.74, 6) is -6.69. The number of benzene rings is 3. The van der Waals surface area contributed by atoms with Crippen LogP contribution < -0.4 is 5.32 Å². The average Bonchev–Trinajstić information content (AvgIpc) is 3.12. The molecule has 2 atom stereocenters. The number of phenols is 4. The number of aromatic hydroxyl groups is 4. The summed E-state index contributed by atoms with van der Waals surface area (Å²) in [5, 5.41) is 52.6. The molecule has 3 aromatic carbocycles. The van der Waals surface area contributed by atoms with Crippen molar-refractivity contribution in [2.75, 3.05) is 6.54 Å². The summed E-state index contributed by atoms with van der Waals surface area (Å²) in [7, 11) is 0. The monoisotopic (exact) mass is 546 g/mol. The maximum Gasteiger partial charge on any atom is 0.339 e. The highest BCUT2D eigenvalue weighted by molar-refractivity contribution is 6.18. The van der Waals surface area contributed by atoms with Crippen molar-refractivity contribution < 1.29 is 49.4 Å². The Balaban J connectivity index is 1.57. The number of nitrogens with one attached hydrogen (secondary N) is 1. The van der Waals surface area contributed by atoms with Gasteiger partial charge in [0.2, 0.25) is 5.78 Å². The molecule has 3 aromatic rings. The van der Waals surface area contributed by atoms with E-state index in [0.717, 1.165) is 24.3 Å². The van der Waals surface area contributed by atoms with Crippen LogP contribution in [-0.4, -0.2) is 74.1 Å². The maximum atomic E-state index is 13.0. The summed E-state index contributed by atoms with van der Waals surface area (Å²) < 4.78 is 5.51. The molecule has 12 heteroatoms. The predicted molar refractivity (Wildman–Crippen MR) is 139 cm³/mol. The molecule has 1 aliphatic rings. The molecule has 12 nitrogen and oxygen atoms in total. The molecule has 0 bridgehead atoms. The van der Waals surface area contributed by atoms with E-state index in [4.69, 9.17) is 4.74 Å². The molecule has 204 valence electrons. The zero-order valence-electron chi connectivity index (χ0n) is 20.5. The Morgan fingerprint density at radius 1 is 0.850 bits per heavy atom. The summed E-state index contributed by atoms with van der Waals surface area (Å²) in [5.41, 5.74) is -2.07. The highest BCUT2D eigenvalue weighted by Gasteiger charge is 2.30. The molecule has 0 aromatic heterocycles. The van der Waals surface area contributed by atoms with Gasteiger partial charge in [-0.3, -0.25) is 14.6 Å². The Labute approximate surface area is 226 Å². The number of allylic oxidation sites excluding steroid dienone is 1. The number of hydrogen-bond donors (Lipinski definition) is 6. The average molecular weight is 546 g/mol. The Hall–Kier alpha value is -5.65. The van der Waals surface area contributed by atoms with Crippen LogP contribution in [0.5, 0.6) is 23.0 Å². The van der Waals surface area contributed by atoms with Crippen molar-refractivity contribution in [1.82, 2.24) is 5.32 Å². The van der Waals surface area contributed by atoms with E-state index in [-0.39, 0.29) is 23.4 Å². The number of nitrogens with zero attached hydrogens (tertiary/aromatic N) is 1. The highest BCUT2D eigenvalue weighted by atomic mass is 16.5. The lowest BCUT2D eigenvalue weighted by Crippen LogP contribution is -2.46. The first-order valence-electron chi connectivity index (χ1n) is 11.7. The number of hydrogen-bond acceptors (Lipinski definition) is 10. The maximum absolute atomic E-state index is 13.0. The van der Waals surface area contributed by atoms with Crippen LogP contribution >= 0.6 is 0 Å². The first-order valence-corrected chi connectivity index (χ1v) is 11.7. The molecule has 1 heterocycles. The largest absolute Gasteiger partial charge is 0.508 e. The van der Waals surface area contributed by atoms with E-state index >= 15 is 0 Å². The second-order valence-electron chi connectivity index (χ2n) is 8.62. The van der Waals surface area contributed by atoms with Crippen LogP contribution in [0.4, 0.5) is 0 Å². The predicted octanol–water partition coefficient (Wildman–Crippen LogP) is 2.40. The smallest absolute Gasteiger partial charge is 0.339 e. The second kappa shape index (κ2) is 11.4.